The molecular weight excluding hydrogens is 214 g/mol. The van der Waals surface area contributed by atoms with Gasteiger partial charge in [-0.3, -0.25) is 0 Å². The van der Waals surface area contributed by atoms with E-state index in [-0.39, 0.29) is 0 Å². The van der Waals surface area contributed by atoms with Gasteiger partial charge < -0.3 is 5.73 Å². The minimum atomic E-state index is 0.701. The fourth-order valence-electron chi connectivity index (χ4n) is 1.31. The van der Waals surface area contributed by atoms with E-state index in [1.807, 2.05) is 12.1 Å². The van der Waals surface area contributed by atoms with Crippen molar-refractivity contribution in [3.05, 3.63) is 40.2 Å². The Morgan fingerprint density at radius 1 is 1.21 bits per heavy atom. The summed E-state index contributed by atoms with van der Waals surface area (Å²) in [5.41, 5.74) is 7.39. The van der Waals surface area contributed by atoms with Gasteiger partial charge in [-0.05, 0) is 31.2 Å². The standard InChI is InChI=1S/C11H10ClNS/c1-7-2-5-11(14-7)9-4-3-8(13)6-10(9)12/h2-6H,13H2,1H3. The molecule has 0 aliphatic carbocycles. The summed E-state index contributed by atoms with van der Waals surface area (Å²) in [6.45, 7) is 2.08. The van der Waals surface area contributed by atoms with Crippen LogP contribution in [0.1, 0.15) is 4.88 Å². The van der Waals surface area contributed by atoms with Crippen molar-refractivity contribution in [1.29, 1.82) is 0 Å². The van der Waals surface area contributed by atoms with Gasteiger partial charge in [0, 0.05) is 21.0 Å². The van der Waals surface area contributed by atoms with Crippen molar-refractivity contribution in [2.45, 2.75) is 6.92 Å². The van der Waals surface area contributed by atoms with E-state index in [1.54, 1.807) is 17.4 Å². The summed E-state index contributed by atoms with van der Waals surface area (Å²) >= 11 is 7.84. The van der Waals surface area contributed by atoms with Crippen LogP contribution >= 0.6 is 22.9 Å². The maximum atomic E-state index is 6.10. The van der Waals surface area contributed by atoms with Crippen molar-refractivity contribution < 1.29 is 0 Å². The summed E-state index contributed by atoms with van der Waals surface area (Å²) in [7, 11) is 0. The molecule has 0 radical (unpaired) electrons. The van der Waals surface area contributed by atoms with Crippen LogP contribution in [0.4, 0.5) is 5.69 Å². The van der Waals surface area contributed by atoms with Crippen LogP contribution in [-0.4, -0.2) is 0 Å². The molecule has 0 saturated heterocycles. The zero-order valence-corrected chi connectivity index (χ0v) is 9.32. The zero-order valence-electron chi connectivity index (χ0n) is 7.75. The number of aryl methyl sites for hydroxylation is 1. The number of nitrogen functional groups attached to an aromatic ring is 1. The average molecular weight is 224 g/mol. The van der Waals surface area contributed by atoms with E-state index in [2.05, 4.69) is 19.1 Å². The van der Waals surface area contributed by atoms with E-state index in [0.717, 1.165) is 5.56 Å². The van der Waals surface area contributed by atoms with Gasteiger partial charge in [0.15, 0.2) is 0 Å². The molecule has 1 nitrogen and oxygen atoms in total. The largest absolute Gasteiger partial charge is 0.399 e. The minimum Gasteiger partial charge on any atom is -0.399 e. The fourth-order valence-corrected chi connectivity index (χ4v) is 2.56. The molecule has 0 atom stereocenters. The number of anilines is 1. The Morgan fingerprint density at radius 3 is 2.57 bits per heavy atom. The summed E-state index contributed by atoms with van der Waals surface area (Å²) in [4.78, 5) is 2.47. The quantitative estimate of drug-likeness (QED) is 0.728. The molecule has 0 unspecified atom stereocenters. The Bertz CT molecular complexity index is 462. The van der Waals surface area contributed by atoms with Gasteiger partial charge in [0.1, 0.15) is 0 Å². The maximum absolute atomic E-state index is 6.10. The zero-order chi connectivity index (χ0) is 10.1. The van der Waals surface area contributed by atoms with Crippen molar-refractivity contribution in [1.82, 2.24) is 0 Å². The predicted molar refractivity (Wildman–Crippen MR) is 63.9 cm³/mol. The molecule has 14 heavy (non-hydrogen) atoms. The van der Waals surface area contributed by atoms with E-state index >= 15 is 0 Å². The fraction of sp³-hybridized carbons (Fsp3) is 0.0909. The van der Waals surface area contributed by atoms with Crippen molar-refractivity contribution >= 4 is 28.6 Å². The van der Waals surface area contributed by atoms with Gasteiger partial charge in [0.05, 0.1) is 5.02 Å². The van der Waals surface area contributed by atoms with Crippen molar-refractivity contribution in [2.24, 2.45) is 0 Å². The third kappa shape index (κ3) is 1.76. The van der Waals surface area contributed by atoms with Crippen LogP contribution in [0.25, 0.3) is 10.4 Å². The Balaban J connectivity index is 2.52. The molecule has 72 valence electrons. The van der Waals surface area contributed by atoms with Crippen LogP contribution < -0.4 is 5.73 Å². The highest BCUT2D eigenvalue weighted by molar-refractivity contribution is 7.15. The van der Waals surface area contributed by atoms with Gasteiger partial charge in [0.25, 0.3) is 0 Å². The molecule has 2 N–H and O–H groups in total. The van der Waals surface area contributed by atoms with Crippen molar-refractivity contribution in [2.75, 3.05) is 5.73 Å². The topological polar surface area (TPSA) is 26.0 Å². The summed E-state index contributed by atoms with van der Waals surface area (Å²) in [6.07, 6.45) is 0. The van der Waals surface area contributed by atoms with Gasteiger partial charge >= 0.3 is 0 Å². The molecule has 2 aromatic rings. The Hall–Kier alpha value is -0.990. The summed E-state index contributed by atoms with van der Waals surface area (Å²) < 4.78 is 0. The van der Waals surface area contributed by atoms with Crippen molar-refractivity contribution in [3.63, 3.8) is 0 Å². The number of benzene rings is 1. The molecular formula is C11H10ClNS. The molecule has 1 aromatic carbocycles. The molecule has 0 spiro atoms. The Labute approximate surface area is 92.1 Å². The van der Waals surface area contributed by atoms with Crippen LogP contribution in [-0.2, 0) is 0 Å². The van der Waals surface area contributed by atoms with E-state index < -0.39 is 0 Å². The van der Waals surface area contributed by atoms with Crippen LogP contribution in [0.5, 0.6) is 0 Å². The SMILES string of the molecule is Cc1ccc(-c2ccc(N)cc2Cl)s1. The second-order valence-electron chi connectivity index (χ2n) is 3.15. The smallest absolute Gasteiger partial charge is 0.0513 e. The molecule has 0 fully saturated rings. The molecule has 0 aliphatic rings. The minimum absolute atomic E-state index is 0.701. The molecule has 3 heteroatoms. The van der Waals surface area contributed by atoms with E-state index in [9.17, 15) is 0 Å². The lowest BCUT2D eigenvalue weighted by Gasteiger charge is -2.01. The molecule has 1 heterocycles. The van der Waals surface area contributed by atoms with E-state index in [0.29, 0.717) is 10.7 Å². The van der Waals surface area contributed by atoms with E-state index in [4.69, 9.17) is 17.3 Å². The van der Waals surface area contributed by atoms with Gasteiger partial charge in [-0.25, -0.2) is 0 Å². The highest BCUT2D eigenvalue weighted by atomic mass is 35.5. The molecule has 0 bridgehead atoms. The Kier molecular flexibility index (Phi) is 2.48. The number of nitrogens with two attached hydrogens (primary N) is 1. The lowest BCUT2D eigenvalue weighted by Crippen LogP contribution is -1.84. The molecule has 2 rings (SSSR count). The monoisotopic (exact) mass is 223 g/mol. The van der Waals surface area contributed by atoms with Crippen LogP contribution in [0.15, 0.2) is 30.3 Å². The van der Waals surface area contributed by atoms with Gasteiger partial charge in [-0.15, -0.1) is 11.3 Å². The van der Waals surface area contributed by atoms with Crippen LogP contribution in [0.2, 0.25) is 5.02 Å². The number of hydrogen-bond acceptors (Lipinski definition) is 2. The second-order valence-corrected chi connectivity index (χ2v) is 4.84. The molecule has 0 amide bonds. The second kappa shape index (κ2) is 3.64. The van der Waals surface area contributed by atoms with Gasteiger partial charge in [-0.1, -0.05) is 17.7 Å². The number of rotatable bonds is 1. The first-order chi connectivity index (χ1) is 6.66. The van der Waals surface area contributed by atoms with Crippen LogP contribution in [0, 0.1) is 6.92 Å². The lowest BCUT2D eigenvalue weighted by molar-refractivity contribution is 1.64. The predicted octanol–water partition coefficient (Wildman–Crippen LogP) is 3.96. The first-order valence-electron chi connectivity index (χ1n) is 4.28. The number of halogens is 1. The molecule has 0 aliphatic heterocycles. The first-order valence-corrected chi connectivity index (χ1v) is 5.48. The lowest BCUT2D eigenvalue weighted by atomic mass is 10.2. The number of thiophene rings is 1. The molecule has 0 saturated carbocycles. The summed E-state index contributed by atoms with van der Waals surface area (Å²) in [6, 6.07) is 9.79. The first kappa shape index (κ1) is 9.56. The third-order valence-corrected chi connectivity index (χ3v) is 3.35. The highest BCUT2D eigenvalue weighted by Crippen LogP contribution is 2.33. The Morgan fingerprint density at radius 2 is 2.00 bits per heavy atom. The van der Waals surface area contributed by atoms with Gasteiger partial charge in [0.2, 0.25) is 0 Å². The number of hydrogen-bond donors (Lipinski definition) is 1. The highest BCUT2D eigenvalue weighted by Gasteiger charge is 2.05. The third-order valence-electron chi connectivity index (χ3n) is 2.00. The average Bonchev–Trinajstić information content (AvgIpc) is 2.51. The normalized spacial score (nSPS) is 10.4. The van der Waals surface area contributed by atoms with Crippen molar-refractivity contribution in [3.8, 4) is 10.4 Å². The summed E-state index contributed by atoms with van der Waals surface area (Å²) in [5, 5.41) is 0.715. The van der Waals surface area contributed by atoms with Crippen LogP contribution in [0.3, 0.4) is 0 Å². The maximum Gasteiger partial charge on any atom is 0.0513 e. The van der Waals surface area contributed by atoms with E-state index in [1.165, 1.54) is 9.75 Å². The van der Waals surface area contributed by atoms with Gasteiger partial charge in [-0.2, -0.15) is 0 Å². The summed E-state index contributed by atoms with van der Waals surface area (Å²) in [5.74, 6) is 0. The molecule has 1 aromatic heterocycles.